The summed E-state index contributed by atoms with van der Waals surface area (Å²) in [6.07, 6.45) is 3.34. The zero-order valence-corrected chi connectivity index (χ0v) is 7.36. The van der Waals surface area contributed by atoms with Gasteiger partial charge in [-0.1, -0.05) is 0 Å². The van der Waals surface area contributed by atoms with Crippen LogP contribution in [0.2, 0.25) is 0 Å². The molecule has 4 nitrogen and oxygen atoms in total. The summed E-state index contributed by atoms with van der Waals surface area (Å²) in [5, 5.41) is 10.4. The van der Waals surface area contributed by atoms with E-state index in [4.69, 9.17) is 10.9 Å². The number of carboxylic acids is 1. The Labute approximate surface area is 72.3 Å². The molecule has 0 aromatic rings. The van der Waals surface area contributed by atoms with Crippen LogP contribution in [0.1, 0.15) is 25.7 Å². The predicted molar refractivity (Wildman–Crippen MR) is 45.3 cm³/mol. The molecule has 0 aromatic heterocycles. The number of nitrogens with two attached hydrogens (primary N) is 1. The van der Waals surface area contributed by atoms with Gasteiger partial charge in [-0.15, -0.1) is 0 Å². The molecule has 0 spiro atoms. The highest BCUT2D eigenvalue weighted by molar-refractivity contribution is 5.70. The summed E-state index contributed by atoms with van der Waals surface area (Å²) in [6, 6.07) is 0.376. The van der Waals surface area contributed by atoms with Crippen molar-refractivity contribution in [2.75, 3.05) is 7.05 Å². The minimum absolute atomic E-state index is 0.138. The zero-order valence-electron chi connectivity index (χ0n) is 7.36. The van der Waals surface area contributed by atoms with Gasteiger partial charge in [-0.3, -0.25) is 10.6 Å². The average Bonchev–Trinajstić information content (AvgIpc) is 2.04. The normalized spacial score (nSPS) is 30.6. The van der Waals surface area contributed by atoms with Gasteiger partial charge in [-0.2, -0.15) is 0 Å². The maximum Gasteiger partial charge on any atom is 0.306 e. The summed E-state index contributed by atoms with van der Waals surface area (Å²) in [4.78, 5) is 10.6. The van der Waals surface area contributed by atoms with Crippen LogP contribution in [-0.4, -0.2) is 29.2 Å². The molecular weight excluding hydrogens is 156 g/mol. The molecule has 0 amide bonds. The second-order valence-corrected chi connectivity index (χ2v) is 3.51. The summed E-state index contributed by atoms with van der Waals surface area (Å²) < 4.78 is 0. The molecule has 1 fully saturated rings. The van der Waals surface area contributed by atoms with E-state index in [-0.39, 0.29) is 5.92 Å². The highest BCUT2D eigenvalue weighted by Gasteiger charge is 2.26. The van der Waals surface area contributed by atoms with Crippen LogP contribution < -0.4 is 5.84 Å². The lowest BCUT2D eigenvalue weighted by Gasteiger charge is -2.30. The van der Waals surface area contributed by atoms with Crippen LogP contribution >= 0.6 is 0 Å². The van der Waals surface area contributed by atoms with Crippen molar-refractivity contribution in [1.29, 1.82) is 0 Å². The molecule has 70 valence electrons. The zero-order chi connectivity index (χ0) is 9.14. The standard InChI is InChI=1S/C8H16N2O2/c1-10(9)7-4-2-6(3-5-7)8(11)12/h6-7H,2-5,9H2,1H3,(H,11,12). The van der Waals surface area contributed by atoms with Crippen LogP contribution in [0.25, 0.3) is 0 Å². The molecule has 0 radical (unpaired) electrons. The Morgan fingerprint density at radius 1 is 1.42 bits per heavy atom. The van der Waals surface area contributed by atoms with Gasteiger partial charge in [0.1, 0.15) is 0 Å². The lowest BCUT2D eigenvalue weighted by atomic mass is 9.86. The summed E-state index contributed by atoms with van der Waals surface area (Å²) in [5.74, 6) is 4.78. The molecule has 1 aliphatic rings. The summed E-state index contributed by atoms with van der Waals surface area (Å²) in [6.45, 7) is 0. The Morgan fingerprint density at radius 2 is 1.92 bits per heavy atom. The van der Waals surface area contributed by atoms with E-state index in [1.165, 1.54) is 0 Å². The lowest BCUT2D eigenvalue weighted by molar-refractivity contribution is -0.143. The number of nitrogens with zero attached hydrogens (tertiary/aromatic N) is 1. The van der Waals surface area contributed by atoms with Crippen molar-refractivity contribution >= 4 is 5.97 Å². The van der Waals surface area contributed by atoms with E-state index >= 15 is 0 Å². The Kier molecular flexibility index (Phi) is 3.05. The maximum atomic E-state index is 10.6. The first-order chi connectivity index (χ1) is 5.61. The van der Waals surface area contributed by atoms with E-state index in [0.717, 1.165) is 25.7 Å². The second-order valence-electron chi connectivity index (χ2n) is 3.51. The van der Waals surface area contributed by atoms with E-state index in [0.29, 0.717) is 6.04 Å². The molecule has 0 aliphatic heterocycles. The number of rotatable bonds is 2. The number of aliphatic carboxylic acids is 1. The van der Waals surface area contributed by atoms with Crippen molar-refractivity contribution in [1.82, 2.24) is 5.01 Å². The molecule has 0 unspecified atom stereocenters. The third-order valence-electron chi connectivity index (χ3n) is 2.62. The van der Waals surface area contributed by atoms with Crippen molar-refractivity contribution in [3.05, 3.63) is 0 Å². The Morgan fingerprint density at radius 3 is 2.25 bits per heavy atom. The molecule has 0 heterocycles. The van der Waals surface area contributed by atoms with Gasteiger partial charge in [0, 0.05) is 13.1 Å². The number of hydrogen-bond donors (Lipinski definition) is 2. The SMILES string of the molecule is CN(N)C1CCC(C(=O)O)CC1. The smallest absolute Gasteiger partial charge is 0.306 e. The van der Waals surface area contributed by atoms with Gasteiger partial charge in [0.2, 0.25) is 0 Å². The van der Waals surface area contributed by atoms with Crippen LogP contribution in [0.15, 0.2) is 0 Å². The second kappa shape index (κ2) is 3.87. The molecule has 0 atom stereocenters. The first-order valence-electron chi connectivity index (χ1n) is 4.31. The predicted octanol–water partition coefficient (Wildman–Crippen LogP) is 0.435. The van der Waals surface area contributed by atoms with Gasteiger partial charge in [0.25, 0.3) is 0 Å². The van der Waals surface area contributed by atoms with Crippen molar-refractivity contribution in [2.45, 2.75) is 31.7 Å². The number of hydrogen-bond acceptors (Lipinski definition) is 3. The monoisotopic (exact) mass is 172 g/mol. The average molecular weight is 172 g/mol. The maximum absolute atomic E-state index is 10.6. The van der Waals surface area contributed by atoms with Crippen LogP contribution in [0.5, 0.6) is 0 Å². The number of carbonyl (C=O) groups is 1. The van der Waals surface area contributed by atoms with Crippen molar-refractivity contribution < 1.29 is 9.90 Å². The molecule has 1 rings (SSSR count). The molecular formula is C8H16N2O2. The highest BCUT2D eigenvalue weighted by atomic mass is 16.4. The van der Waals surface area contributed by atoms with Crippen LogP contribution in [-0.2, 0) is 4.79 Å². The highest BCUT2D eigenvalue weighted by Crippen LogP contribution is 2.25. The van der Waals surface area contributed by atoms with E-state index in [1.54, 1.807) is 5.01 Å². The van der Waals surface area contributed by atoms with Crippen molar-refractivity contribution in [2.24, 2.45) is 11.8 Å². The molecule has 12 heavy (non-hydrogen) atoms. The summed E-state index contributed by atoms with van der Waals surface area (Å²) >= 11 is 0. The quantitative estimate of drug-likeness (QED) is 0.468. The topological polar surface area (TPSA) is 66.6 Å². The molecule has 4 heteroatoms. The van der Waals surface area contributed by atoms with E-state index in [2.05, 4.69) is 0 Å². The fourth-order valence-electron chi connectivity index (χ4n) is 1.73. The largest absolute Gasteiger partial charge is 0.481 e. The minimum atomic E-state index is -0.659. The van der Waals surface area contributed by atoms with Gasteiger partial charge in [-0.25, -0.2) is 5.01 Å². The van der Waals surface area contributed by atoms with E-state index in [9.17, 15) is 4.79 Å². The Bertz CT molecular complexity index is 162. The van der Waals surface area contributed by atoms with Crippen LogP contribution in [0.3, 0.4) is 0 Å². The molecule has 3 N–H and O–H groups in total. The third-order valence-corrected chi connectivity index (χ3v) is 2.62. The Balaban J connectivity index is 2.34. The fraction of sp³-hybridized carbons (Fsp3) is 0.875. The minimum Gasteiger partial charge on any atom is -0.481 e. The summed E-state index contributed by atoms with van der Waals surface area (Å²) in [7, 11) is 1.84. The van der Waals surface area contributed by atoms with Crippen LogP contribution in [0.4, 0.5) is 0 Å². The molecule has 1 aliphatic carbocycles. The van der Waals surface area contributed by atoms with Crippen molar-refractivity contribution in [3.63, 3.8) is 0 Å². The Hall–Kier alpha value is -0.610. The molecule has 0 bridgehead atoms. The van der Waals surface area contributed by atoms with Gasteiger partial charge in [-0.05, 0) is 25.7 Å². The van der Waals surface area contributed by atoms with Gasteiger partial charge >= 0.3 is 5.97 Å². The van der Waals surface area contributed by atoms with Gasteiger partial charge < -0.3 is 5.11 Å². The molecule has 0 aromatic carbocycles. The first-order valence-corrected chi connectivity index (χ1v) is 4.31. The van der Waals surface area contributed by atoms with E-state index < -0.39 is 5.97 Å². The number of carboxylic acid groups (broad SMARTS) is 1. The summed E-state index contributed by atoms with van der Waals surface area (Å²) in [5.41, 5.74) is 0. The van der Waals surface area contributed by atoms with Gasteiger partial charge in [0.15, 0.2) is 0 Å². The lowest BCUT2D eigenvalue weighted by Crippen LogP contribution is -2.40. The van der Waals surface area contributed by atoms with E-state index in [1.807, 2.05) is 7.05 Å². The first kappa shape index (κ1) is 9.48. The van der Waals surface area contributed by atoms with Gasteiger partial charge in [0.05, 0.1) is 5.92 Å². The fourth-order valence-corrected chi connectivity index (χ4v) is 1.73. The molecule has 1 saturated carbocycles. The molecule has 0 saturated heterocycles. The number of hydrazine groups is 1. The van der Waals surface area contributed by atoms with Crippen LogP contribution in [0, 0.1) is 5.92 Å². The van der Waals surface area contributed by atoms with Crippen molar-refractivity contribution in [3.8, 4) is 0 Å². The third kappa shape index (κ3) is 2.19.